The average Bonchev–Trinajstić information content (AvgIpc) is 2.78. The first-order chi connectivity index (χ1) is 14.9. The highest BCUT2D eigenvalue weighted by atomic mass is 16.5. The Morgan fingerprint density at radius 2 is 1.68 bits per heavy atom. The number of esters is 1. The molecule has 6 heteroatoms. The van der Waals surface area contributed by atoms with Crippen LogP contribution in [0.15, 0.2) is 66.7 Å². The minimum Gasteiger partial charge on any atom is -0.497 e. The number of aryl methyl sites for hydroxylation is 2. The van der Waals surface area contributed by atoms with Crippen molar-refractivity contribution in [2.75, 3.05) is 19.0 Å². The number of nitrogens with one attached hydrogen (secondary N) is 1. The van der Waals surface area contributed by atoms with Crippen molar-refractivity contribution in [2.24, 2.45) is 0 Å². The molecule has 0 atom stereocenters. The largest absolute Gasteiger partial charge is 0.497 e. The number of methoxy groups -OCH3 is 1. The monoisotopic (exact) mass is 419 g/mol. The molecule has 160 valence electrons. The van der Waals surface area contributed by atoms with E-state index in [2.05, 4.69) is 5.32 Å². The lowest BCUT2D eigenvalue weighted by Crippen LogP contribution is -2.20. The molecule has 0 aliphatic rings. The maximum Gasteiger partial charge on any atom is 0.338 e. The molecular formula is C25H25NO5. The van der Waals surface area contributed by atoms with E-state index in [9.17, 15) is 9.59 Å². The Morgan fingerprint density at radius 3 is 2.42 bits per heavy atom. The van der Waals surface area contributed by atoms with Gasteiger partial charge in [0.2, 0.25) is 0 Å². The van der Waals surface area contributed by atoms with Gasteiger partial charge in [0.05, 0.1) is 12.7 Å². The van der Waals surface area contributed by atoms with Gasteiger partial charge >= 0.3 is 5.97 Å². The van der Waals surface area contributed by atoms with Crippen LogP contribution in [0.5, 0.6) is 11.5 Å². The van der Waals surface area contributed by atoms with E-state index >= 15 is 0 Å². The van der Waals surface area contributed by atoms with Gasteiger partial charge in [0.1, 0.15) is 18.1 Å². The van der Waals surface area contributed by atoms with E-state index in [1.807, 2.05) is 32.0 Å². The highest BCUT2D eigenvalue weighted by Gasteiger charge is 2.10. The fourth-order valence-corrected chi connectivity index (χ4v) is 2.92. The van der Waals surface area contributed by atoms with Crippen molar-refractivity contribution in [1.29, 1.82) is 0 Å². The maximum atomic E-state index is 12.3. The van der Waals surface area contributed by atoms with Crippen LogP contribution in [0, 0.1) is 13.8 Å². The van der Waals surface area contributed by atoms with Gasteiger partial charge in [-0.15, -0.1) is 0 Å². The number of amides is 1. The van der Waals surface area contributed by atoms with E-state index in [1.165, 1.54) is 0 Å². The molecule has 1 amide bonds. The Morgan fingerprint density at radius 1 is 0.903 bits per heavy atom. The van der Waals surface area contributed by atoms with Crippen molar-refractivity contribution in [3.8, 4) is 11.5 Å². The van der Waals surface area contributed by atoms with E-state index in [0.29, 0.717) is 22.7 Å². The van der Waals surface area contributed by atoms with Crippen LogP contribution in [-0.2, 0) is 16.1 Å². The van der Waals surface area contributed by atoms with Crippen LogP contribution in [0.3, 0.4) is 0 Å². The van der Waals surface area contributed by atoms with Crippen molar-refractivity contribution in [3.05, 3.63) is 89.0 Å². The molecule has 0 radical (unpaired) electrons. The standard InChI is InChI=1S/C25H25NO5/c1-17-7-8-18(2)20(13-17)15-31-25(28)19-9-11-22(12-10-19)30-16-24(27)26-21-5-4-6-23(14-21)29-3/h4-14H,15-16H2,1-3H3,(H,26,27). The van der Waals surface area contributed by atoms with Gasteiger partial charge in [-0.3, -0.25) is 4.79 Å². The van der Waals surface area contributed by atoms with Crippen LogP contribution in [0.25, 0.3) is 0 Å². The van der Waals surface area contributed by atoms with Crippen LogP contribution in [0.4, 0.5) is 5.69 Å². The van der Waals surface area contributed by atoms with Crippen molar-refractivity contribution >= 4 is 17.6 Å². The Labute approximate surface area is 181 Å². The van der Waals surface area contributed by atoms with Gasteiger partial charge in [0.25, 0.3) is 5.91 Å². The molecule has 3 rings (SSSR count). The molecule has 0 heterocycles. The Balaban J connectivity index is 1.49. The summed E-state index contributed by atoms with van der Waals surface area (Å²) in [6, 6.07) is 19.6. The molecule has 1 N–H and O–H groups in total. The lowest BCUT2D eigenvalue weighted by molar-refractivity contribution is -0.118. The minimum absolute atomic E-state index is 0.159. The number of benzene rings is 3. The minimum atomic E-state index is -0.414. The van der Waals surface area contributed by atoms with Gasteiger partial charge in [-0.25, -0.2) is 4.79 Å². The van der Waals surface area contributed by atoms with Crippen LogP contribution >= 0.6 is 0 Å². The Hall–Kier alpha value is -3.80. The SMILES string of the molecule is COc1cccc(NC(=O)COc2ccc(C(=O)OCc3cc(C)ccc3C)cc2)c1. The molecule has 3 aromatic rings. The van der Waals surface area contributed by atoms with Crippen molar-refractivity contribution in [3.63, 3.8) is 0 Å². The van der Waals surface area contributed by atoms with Crippen molar-refractivity contribution in [1.82, 2.24) is 0 Å². The summed E-state index contributed by atoms with van der Waals surface area (Å²) < 4.78 is 16.0. The highest BCUT2D eigenvalue weighted by molar-refractivity contribution is 5.92. The Kier molecular flexibility index (Phi) is 7.27. The summed E-state index contributed by atoms with van der Waals surface area (Å²) in [7, 11) is 1.56. The molecule has 0 aromatic heterocycles. The quantitative estimate of drug-likeness (QED) is 0.537. The highest BCUT2D eigenvalue weighted by Crippen LogP contribution is 2.18. The number of carbonyl (C=O) groups is 2. The molecule has 0 saturated heterocycles. The molecule has 0 fully saturated rings. The van der Waals surface area contributed by atoms with Crippen LogP contribution in [0.2, 0.25) is 0 Å². The number of rotatable bonds is 8. The second-order valence-corrected chi connectivity index (χ2v) is 7.10. The topological polar surface area (TPSA) is 73.9 Å². The predicted octanol–water partition coefficient (Wildman–Crippen LogP) is 4.69. The number of anilines is 1. The lowest BCUT2D eigenvalue weighted by Gasteiger charge is -2.10. The predicted molar refractivity (Wildman–Crippen MR) is 119 cm³/mol. The van der Waals surface area contributed by atoms with Gasteiger partial charge < -0.3 is 19.5 Å². The molecule has 6 nitrogen and oxygen atoms in total. The number of hydrogen-bond acceptors (Lipinski definition) is 5. The van der Waals surface area contributed by atoms with E-state index in [0.717, 1.165) is 16.7 Å². The summed E-state index contributed by atoms with van der Waals surface area (Å²) in [6.45, 7) is 4.04. The number of hydrogen-bond donors (Lipinski definition) is 1. The van der Waals surface area contributed by atoms with E-state index in [-0.39, 0.29) is 19.1 Å². The molecular weight excluding hydrogens is 394 g/mol. The first-order valence-electron chi connectivity index (χ1n) is 9.84. The average molecular weight is 419 g/mol. The zero-order valence-corrected chi connectivity index (χ0v) is 17.8. The summed E-state index contributed by atoms with van der Waals surface area (Å²) in [5, 5.41) is 2.74. The maximum absolute atomic E-state index is 12.3. The normalized spacial score (nSPS) is 10.3. The van der Waals surface area contributed by atoms with Crippen LogP contribution in [-0.4, -0.2) is 25.6 Å². The number of ether oxygens (including phenoxy) is 3. The van der Waals surface area contributed by atoms with E-state index < -0.39 is 5.97 Å². The lowest BCUT2D eigenvalue weighted by atomic mass is 10.1. The molecule has 0 bridgehead atoms. The molecule has 0 unspecified atom stereocenters. The smallest absolute Gasteiger partial charge is 0.338 e. The van der Waals surface area contributed by atoms with E-state index in [4.69, 9.17) is 14.2 Å². The fraction of sp³-hybridized carbons (Fsp3) is 0.200. The van der Waals surface area contributed by atoms with Crippen LogP contribution < -0.4 is 14.8 Å². The summed E-state index contributed by atoms with van der Waals surface area (Å²) in [5.74, 6) is 0.416. The zero-order valence-electron chi connectivity index (χ0n) is 17.8. The van der Waals surface area contributed by atoms with Crippen molar-refractivity contribution < 1.29 is 23.8 Å². The Bertz CT molecular complexity index is 1060. The molecule has 0 aliphatic carbocycles. The van der Waals surface area contributed by atoms with Crippen LogP contribution in [0.1, 0.15) is 27.0 Å². The molecule has 3 aromatic carbocycles. The van der Waals surface area contributed by atoms with Gasteiger partial charge in [-0.1, -0.05) is 29.8 Å². The second kappa shape index (κ2) is 10.3. The van der Waals surface area contributed by atoms with E-state index in [1.54, 1.807) is 55.6 Å². The summed E-state index contributed by atoms with van der Waals surface area (Å²) in [6.07, 6.45) is 0. The first-order valence-corrected chi connectivity index (χ1v) is 9.84. The summed E-state index contributed by atoms with van der Waals surface area (Å²) in [5.41, 5.74) is 4.21. The fourth-order valence-electron chi connectivity index (χ4n) is 2.92. The summed E-state index contributed by atoms with van der Waals surface area (Å²) in [4.78, 5) is 24.4. The molecule has 0 aliphatic heterocycles. The second-order valence-electron chi connectivity index (χ2n) is 7.10. The molecule has 0 saturated carbocycles. The zero-order chi connectivity index (χ0) is 22.2. The summed E-state index contributed by atoms with van der Waals surface area (Å²) >= 11 is 0. The first kappa shape index (κ1) is 21.9. The third kappa shape index (κ3) is 6.34. The molecule has 31 heavy (non-hydrogen) atoms. The molecule has 0 spiro atoms. The third-order valence-corrected chi connectivity index (χ3v) is 4.68. The van der Waals surface area contributed by atoms with Gasteiger partial charge in [0, 0.05) is 11.8 Å². The number of carbonyl (C=O) groups excluding carboxylic acids is 2. The third-order valence-electron chi connectivity index (χ3n) is 4.68. The van der Waals surface area contributed by atoms with Crippen molar-refractivity contribution in [2.45, 2.75) is 20.5 Å². The van der Waals surface area contributed by atoms with Gasteiger partial charge in [0.15, 0.2) is 6.61 Å². The van der Waals surface area contributed by atoms with Gasteiger partial charge in [-0.05, 0) is 61.4 Å². The van der Waals surface area contributed by atoms with Gasteiger partial charge in [-0.2, -0.15) is 0 Å².